The molecule has 3 N–H and O–H groups in total. The van der Waals surface area contributed by atoms with Gasteiger partial charge in [-0.2, -0.15) is 0 Å². The van der Waals surface area contributed by atoms with Crippen molar-refractivity contribution >= 4 is 5.91 Å². The van der Waals surface area contributed by atoms with E-state index in [9.17, 15) is 4.79 Å². The van der Waals surface area contributed by atoms with Gasteiger partial charge in [-0.25, -0.2) is 0 Å². The first-order valence-electron chi connectivity index (χ1n) is 7.08. The van der Waals surface area contributed by atoms with Gasteiger partial charge in [-0.1, -0.05) is 6.92 Å². The monoisotopic (exact) mass is 255 g/mol. The van der Waals surface area contributed by atoms with Crippen molar-refractivity contribution in [2.75, 3.05) is 20.6 Å². The highest BCUT2D eigenvalue weighted by Crippen LogP contribution is 2.26. The number of nitrogens with two attached hydrogens (primary N) is 1. The van der Waals surface area contributed by atoms with Crippen molar-refractivity contribution < 1.29 is 4.79 Å². The fourth-order valence-electron chi connectivity index (χ4n) is 2.64. The van der Waals surface area contributed by atoms with Gasteiger partial charge in [-0.15, -0.1) is 0 Å². The Kier molecular flexibility index (Phi) is 5.60. The maximum atomic E-state index is 11.4. The lowest BCUT2D eigenvalue weighted by atomic mass is 9.86. The van der Waals surface area contributed by atoms with Crippen LogP contribution >= 0.6 is 0 Å². The maximum absolute atomic E-state index is 11.4. The lowest BCUT2D eigenvalue weighted by Gasteiger charge is -2.35. The summed E-state index contributed by atoms with van der Waals surface area (Å²) in [5, 5.41) is 3.04. The van der Waals surface area contributed by atoms with E-state index in [1.807, 2.05) is 6.92 Å². The van der Waals surface area contributed by atoms with Crippen LogP contribution in [0, 0.1) is 5.92 Å². The Morgan fingerprint density at radius 2 is 1.94 bits per heavy atom. The Balaban J connectivity index is 2.40. The zero-order valence-electron chi connectivity index (χ0n) is 12.3. The van der Waals surface area contributed by atoms with E-state index in [4.69, 9.17) is 5.73 Å². The molecule has 1 unspecified atom stereocenters. The third-order valence-electron chi connectivity index (χ3n) is 4.67. The van der Waals surface area contributed by atoms with Crippen LogP contribution in [0.4, 0.5) is 0 Å². The molecule has 0 radical (unpaired) electrons. The molecule has 0 spiro atoms. The summed E-state index contributed by atoms with van der Waals surface area (Å²) in [6.07, 6.45) is 5.98. The second-order valence-electron chi connectivity index (χ2n) is 6.09. The van der Waals surface area contributed by atoms with Crippen LogP contribution in [0.5, 0.6) is 0 Å². The number of amides is 1. The van der Waals surface area contributed by atoms with E-state index in [0.29, 0.717) is 6.04 Å². The molecule has 18 heavy (non-hydrogen) atoms. The van der Waals surface area contributed by atoms with Gasteiger partial charge in [0, 0.05) is 12.6 Å². The van der Waals surface area contributed by atoms with Crippen molar-refractivity contribution in [3.8, 4) is 0 Å². The number of primary amides is 1. The Labute approximate surface area is 111 Å². The van der Waals surface area contributed by atoms with E-state index in [2.05, 4.69) is 24.2 Å². The smallest absolute Gasteiger partial charge is 0.237 e. The minimum absolute atomic E-state index is 0.268. The Morgan fingerprint density at radius 1 is 1.39 bits per heavy atom. The molecule has 0 aromatic carbocycles. The van der Waals surface area contributed by atoms with Crippen LogP contribution in [-0.4, -0.2) is 43.0 Å². The van der Waals surface area contributed by atoms with Gasteiger partial charge < -0.3 is 16.0 Å². The number of nitrogens with zero attached hydrogens (tertiary/aromatic N) is 1. The number of hydrogen-bond donors (Lipinski definition) is 2. The molecule has 1 rings (SSSR count). The van der Waals surface area contributed by atoms with Gasteiger partial charge in [0.05, 0.1) is 5.54 Å². The van der Waals surface area contributed by atoms with E-state index in [1.165, 1.54) is 25.7 Å². The lowest BCUT2D eigenvalue weighted by molar-refractivity contribution is -0.124. The molecule has 4 nitrogen and oxygen atoms in total. The van der Waals surface area contributed by atoms with E-state index in [1.54, 1.807) is 7.05 Å². The summed E-state index contributed by atoms with van der Waals surface area (Å²) in [6.45, 7) is 5.13. The highest BCUT2D eigenvalue weighted by Gasteiger charge is 2.30. The first-order valence-corrected chi connectivity index (χ1v) is 7.08. The molecule has 106 valence electrons. The van der Waals surface area contributed by atoms with Crippen molar-refractivity contribution in [3.05, 3.63) is 0 Å². The van der Waals surface area contributed by atoms with Crippen LogP contribution < -0.4 is 11.1 Å². The number of nitrogens with one attached hydrogen (secondary N) is 1. The van der Waals surface area contributed by atoms with E-state index in [-0.39, 0.29) is 5.91 Å². The Bertz CT molecular complexity index is 274. The zero-order chi connectivity index (χ0) is 13.8. The van der Waals surface area contributed by atoms with Crippen molar-refractivity contribution in [2.24, 2.45) is 11.7 Å². The molecular formula is C14H29N3O. The molecule has 0 saturated heterocycles. The minimum Gasteiger partial charge on any atom is -0.368 e. The summed E-state index contributed by atoms with van der Waals surface area (Å²) >= 11 is 0. The quantitative estimate of drug-likeness (QED) is 0.753. The topological polar surface area (TPSA) is 58.4 Å². The molecule has 0 heterocycles. The summed E-state index contributed by atoms with van der Waals surface area (Å²) in [5.41, 5.74) is 4.86. The van der Waals surface area contributed by atoms with Gasteiger partial charge in [0.25, 0.3) is 0 Å². The molecule has 1 fully saturated rings. The fraction of sp³-hybridized carbons (Fsp3) is 0.929. The standard InChI is InChI=1S/C14H29N3O/c1-11-5-7-12(8-6-11)17(4)10-9-14(2,16-3)13(15)18/h11-12,16H,5-10H2,1-4H3,(H2,15,18). The van der Waals surface area contributed by atoms with Gasteiger partial charge >= 0.3 is 0 Å². The number of rotatable bonds is 6. The van der Waals surface area contributed by atoms with Crippen molar-refractivity contribution in [2.45, 2.75) is 57.5 Å². The molecule has 0 aromatic heterocycles. The molecule has 1 aliphatic rings. The molecule has 1 saturated carbocycles. The second-order valence-corrected chi connectivity index (χ2v) is 6.09. The largest absolute Gasteiger partial charge is 0.368 e. The first kappa shape index (κ1) is 15.4. The van der Waals surface area contributed by atoms with Crippen LogP contribution in [0.15, 0.2) is 0 Å². The van der Waals surface area contributed by atoms with E-state index >= 15 is 0 Å². The number of carbonyl (C=O) groups excluding carboxylic acids is 1. The highest BCUT2D eigenvalue weighted by atomic mass is 16.1. The predicted octanol–water partition coefficient (Wildman–Crippen LogP) is 1.35. The summed E-state index contributed by atoms with van der Waals surface area (Å²) in [6, 6.07) is 0.676. The second kappa shape index (κ2) is 6.53. The van der Waals surface area contributed by atoms with Gasteiger partial charge in [0.2, 0.25) is 5.91 Å². The van der Waals surface area contributed by atoms with E-state index < -0.39 is 5.54 Å². The molecule has 0 aliphatic heterocycles. The Morgan fingerprint density at radius 3 is 2.39 bits per heavy atom. The number of likely N-dealkylation sites (N-methyl/N-ethyl adjacent to an activating group) is 1. The number of carbonyl (C=O) groups is 1. The first-order chi connectivity index (χ1) is 8.39. The maximum Gasteiger partial charge on any atom is 0.237 e. The van der Waals surface area contributed by atoms with Crippen LogP contribution in [0.1, 0.15) is 46.0 Å². The van der Waals surface area contributed by atoms with Crippen LogP contribution in [0.3, 0.4) is 0 Å². The van der Waals surface area contributed by atoms with Crippen molar-refractivity contribution in [1.29, 1.82) is 0 Å². The average Bonchev–Trinajstić information content (AvgIpc) is 2.36. The highest BCUT2D eigenvalue weighted by molar-refractivity contribution is 5.84. The summed E-state index contributed by atoms with van der Waals surface area (Å²) in [4.78, 5) is 13.8. The molecule has 0 bridgehead atoms. The van der Waals surface area contributed by atoms with E-state index in [0.717, 1.165) is 18.9 Å². The van der Waals surface area contributed by atoms with Gasteiger partial charge in [0.15, 0.2) is 0 Å². The third kappa shape index (κ3) is 3.95. The molecule has 1 aliphatic carbocycles. The zero-order valence-corrected chi connectivity index (χ0v) is 12.3. The average molecular weight is 255 g/mol. The van der Waals surface area contributed by atoms with Gasteiger partial charge in [-0.3, -0.25) is 4.79 Å². The Hall–Kier alpha value is -0.610. The fourth-order valence-corrected chi connectivity index (χ4v) is 2.64. The normalized spacial score (nSPS) is 28.1. The minimum atomic E-state index is -0.587. The molecule has 1 amide bonds. The molecule has 4 heteroatoms. The van der Waals surface area contributed by atoms with Crippen LogP contribution in [0.2, 0.25) is 0 Å². The van der Waals surface area contributed by atoms with Gasteiger partial charge in [0.1, 0.15) is 0 Å². The summed E-state index contributed by atoms with van der Waals surface area (Å²) < 4.78 is 0. The number of hydrogen-bond acceptors (Lipinski definition) is 3. The molecule has 0 aromatic rings. The van der Waals surface area contributed by atoms with Crippen molar-refractivity contribution in [3.63, 3.8) is 0 Å². The third-order valence-corrected chi connectivity index (χ3v) is 4.67. The molecular weight excluding hydrogens is 226 g/mol. The predicted molar refractivity (Wildman–Crippen MR) is 75.3 cm³/mol. The molecule has 1 atom stereocenters. The van der Waals surface area contributed by atoms with Gasteiger partial charge in [-0.05, 0) is 59.0 Å². The lowest BCUT2D eigenvalue weighted by Crippen LogP contribution is -2.53. The SMILES string of the molecule is CNC(C)(CCN(C)C1CCC(C)CC1)C(N)=O. The summed E-state index contributed by atoms with van der Waals surface area (Å²) in [5.74, 6) is 0.610. The van der Waals surface area contributed by atoms with Crippen LogP contribution in [0.25, 0.3) is 0 Å². The van der Waals surface area contributed by atoms with Crippen LogP contribution in [-0.2, 0) is 4.79 Å². The summed E-state index contributed by atoms with van der Waals surface area (Å²) in [7, 11) is 3.96. The van der Waals surface area contributed by atoms with Crippen molar-refractivity contribution in [1.82, 2.24) is 10.2 Å².